The summed E-state index contributed by atoms with van der Waals surface area (Å²) in [6.07, 6.45) is 0.0165. The number of likely N-dealkylation sites (tertiary alicyclic amines) is 1. The molecule has 0 aromatic heterocycles. The van der Waals surface area contributed by atoms with E-state index in [1.54, 1.807) is 0 Å². The number of amides is 2. The van der Waals surface area contributed by atoms with Gasteiger partial charge in [-0.15, -0.1) is 0 Å². The Kier molecular flexibility index (Phi) is 4.84. The molecule has 0 aliphatic carbocycles. The molecule has 0 aromatic rings. The molecule has 4 N–H and O–H groups in total. The Balaban J connectivity index is 2.45. The van der Waals surface area contributed by atoms with Crippen LogP contribution in [0.15, 0.2) is 0 Å². The van der Waals surface area contributed by atoms with Gasteiger partial charge in [-0.3, -0.25) is 14.4 Å². The molecule has 0 radical (unpaired) electrons. The number of nitrogens with two attached hydrogens (primary N) is 1. The molecule has 1 heterocycles. The number of primary sulfonamides is 1. The number of carbonyl (C=O) groups excluding carboxylic acids is 2. The smallest absolute Gasteiger partial charge is 0.322 e. The van der Waals surface area contributed by atoms with Crippen LogP contribution >= 0.6 is 0 Å². The summed E-state index contributed by atoms with van der Waals surface area (Å²) in [6.45, 7) is -0.690. The molecular formula is C9H15N3O6S. The van der Waals surface area contributed by atoms with Gasteiger partial charge in [0, 0.05) is 18.9 Å². The van der Waals surface area contributed by atoms with Crippen LogP contribution in [0.3, 0.4) is 0 Å². The van der Waals surface area contributed by atoms with Crippen LogP contribution in [0.25, 0.3) is 0 Å². The first-order valence-corrected chi connectivity index (χ1v) is 7.15. The van der Waals surface area contributed by atoms with Crippen molar-refractivity contribution in [3.05, 3.63) is 0 Å². The molecule has 1 fully saturated rings. The highest BCUT2D eigenvalue weighted by molar-refractivity contribution is 7.89. The van der Waals surface area contributed by atoms with Crippen LogP contribution in [0.1, 0.15) is 6.42 Å². The van der Waals surface area contributed by atoms with E-state index in [1.807, 2.05) is 0 Å². The standard InChI is InChI=1S/C9H15N3O6S/c10-19(17,18)5-6-1-8(14)12(3-6)4-7(13)11-2-9(15)16/h6H,1-5H2,(H,11,13)(H,15,16)(H2,10,17,18). The molecule has 1 atom stereocenters. The first-order chi connectivity index (χ1) is 8.67. The number of nitrogens with zero attached hydrogens (tertiary/aromatic N) is 1. The van der Waals surface area contributed by atoms with Gasteiger partial charge in [-0.25, -0.2) is 13.6 Å². The normalized spacial score (nSPS) is 19.5. The van der Waals surface area contributed by atoms with Crippen LogP contribution in [0.5, 0.6) is 0 Å². The summed E-state index contributed by atoms with van der Waals surface area (Å²) in [6, 6.07) is 0. The Labute approximate surface area is 109 Å². The Bertz CT molecular complexity index is 488. The van der Waals surface area contributed by atoms with Gasteiger partial charge in [0.1, 0.15) is 6.54 Å². The quantitative estimate of drug-likeness (QED) is 0.486. The molecule has 9 nitrogen and oxygen atoms in total. The molecule has 1 aliphatic rings. The maximum absolute atomic E-state index is 11.5. The van der Waals surface area contributed by atoms with Crippen LogP contribution < -0.4 is 10.5 Å². The zero-order valence-electron chi connectivity index (χ0n) is 10.0. The Morgan fingerprint density at radius 1 is 1.47 bits per heavy atom. The van der Waals surface area contributed by atoms with E-state index in [1.165, 1.54) is 4.90 Å². The minimum atomic E-state index is -3.66. The van der Waals surface area contributed by atoms with Crippen LogP contribution in [-0.4, -0.2) is 61.6 Å². The Morgan fingerprint density at radius 2 is 2.11 bits per heavy atom. The van der Waals surface area contributed by atoms with Gasteiger partial charge in [0.05, 0.1) is 12.3 Å². The van der Waals surface area contributed by atoms with Gasteiger partial charge in [-0.05, 0) is 0 Å². The van der Waals surface area contributed by atoms with Crippen molar-refractivity contribution in [1.82, 2.24) is 10.2 Å². The van der Waals surface area contributed by atoms with Gasteiger partial charge in [0.2, 0.25) is 21.8 Å². The highest BCUT2D eigenvalue weighted by Crippen LogP contribution is 2.18. The highest BCUT2D eigenvalue weighted by atomic mass is 32.2. The van der Waals surface area contributed by atoms with E-state index in [2.05, 4.69) is 5.32 Å². The second-order valence-corrected chi connectivity index (χ2v) is 6.00. The maximum Gasteiger partial charge on any atom is 0.322 e. The molecule has 0 spiro atoms. The van der Waals surface area contributed by atoms with Crippen molar-refractivity contribution < 1.29 is 27.9 Å². The molecule has 1 rings (SSSR count). The van der Waals surface area contributed by atoms with E-state index in [4.69, 9.17) is 10.2 Å². The number of hydrogen-bond acceptors (Lipinski definition) is 5. The van der Waals surface area contributed by atoms with Crippen molar-refractivity contribution in [2.24, 2.45) is 11.1 Å². The zero-order chi connectivity index (χ0) is 14.6. The molecule has 0 bridgehead atoms. The lowest BCUT2D eigenvalue weighted by molar-refractivity contribution is -0.138. The molecule has 2 amide bonds. The first-order valence-electron chi connectivity index (χ1n) is 5.44. The second kappa shape index (κ2) is 5.97. The molecule has 1 aliphatic heterocycles. The number of aliphatic carboxylic acids is 1. The number of hydrogen-bond donors (Lipinski definition) is 3. The SMILES string of the molecule is NS(=O)(=O)CC1CC(=O)N(CC(=O)NCC(=O)O)C1. The van der Waals surface area contributed by atoms with Crippen LogP contribution in [-0.2, 0) is 24.4 Å². The summed E-state index contributed by atoms with van der Waals surface area (Å²) >= 11 is 0. The predicted molar refractivity (Wildman–Crippen MR) is 63.3 cm³/mol. The van der Waals surface area contributed by atoms with Crippen LogP contribution in [0.2, 0.25) is 0 Å². The summed E-state index contributed by atoms with van der Waals surface area (Å²) < 4.78 is 21.8. The fourth-order valence-corrected chi connectivity index (χ4v) is 2.73. The summed E-state index contributed by atoms with van der Waals surface area (Å²) in [5, 5.41) is 15.4. The average Bonchev–Trinajstić information content (AvgIpc) is 2.53. The van der Waals surface area contributed by atoms with Gasteiger partial charge >= 0.3 is 5.97 Å². The lowest BCUT2D eigenvalue weighted by Crippen LogP contribution is -2.40. The molecule has 10 heteroatoms. The molecular weight excluding hydrogens is 278 g/mol. The number of carbonyl (C=O) groups is 3. The largest absolute Gasteiger partial charge is 0.480 e. The summed E-state index contributed by atoms with van der Waals surface area (Å²) in [4.78, 5) is 34.3. The Hall–Kier alpha value is -1.68. The maximum atomic E-state index is 11.5. The van der Waals surface area contributed by atoms with Crippen molar-refractivity contribution in [2.45, 2.75) is 6.42 Å². The van der Waals surface area contributed by atoms with E-state index in [0.29, 0.717) is 0 Å². The summed E-state index contributed by atoms with van der Waals surface area (Å²) in [5.41, 5.74) is 0. The van der Waals surface area contributed by atoms with Gasteiger partial charge in [-0.2, -0.15) is 0 Å². The Morgan fingerprint density at radius 3 is 2.63 bits per heavy atom. The van der Waals surface area contributed by atoms with Gasteiger partial charge < -0.3 is 15.3 Å². The third kappa shape index (κ3) is 5.66. The minimum absolute atomic E-state index is 0.0165. The summed E-state index contributed by atoms with van der Waals surface area (Å²) in [7, 11) is -3.66. The van der Waals surface area contributed by atoms with Crippen LogP contribution in [0.4, 0.5) is 0 Å². The van der Waals surface area contributed by atoms with E-state index in [0.717, 1.165) is 0 Å². The lowest BCUT2D eigenvalue weighted by atomic mass is 10.1. The first kappa shape index (κ1) is 15.4. The third-order valence-electron chi connectivity index (χ3n) is 2.53. The minimum Gasteiger partial charge on any atom is -0.480 e. The molecule has 108 valence electrons. The number of rotatable bonds is 6. The van der Waals surface area contributed by atoms with E-state index in [-0.39, 0.29) is 31.2 Å². The van der Waals surface area contributed by atoms with Crippen LogP contribution in [0, 0.1) is 5.92 Å². The van der Waals surface area contributed by atoms with Gasteiger partial charge in [0.15, 0.2) is 0 Å². The van der Waals surface area contributed by atoms with Crippen molar-refractivity contribution in [1.29, 1.82) is 0 Å². The highest BCUT2D eigenvalue weighted by Gasteiger charge is 2.32. The predicted octanol–water partition coefficient (Wildman–Crippen LogP) is -2.68. The van der Waals surface area contributed by atoms with E-state index < -0.39 is 34.4 Å². The molecule has 0 aromatic carbocycles. The lowest BCUT2D eigenvalue weighted by Gasteiger charge is -2.15. The molecule has 1 unspecified atom stereocenters. The van der Waals surface area contributed by atoms with E-state index in [9.17, 15) is 22.8 Å². The molecule has 19 heavy (non-hydrogen) atoms. The molecule has 1 saturated heterocycles. The number of nitrogens with one attached hydrogen (secondary N) is 1. The van der Waals surface area contributed by atoms with Crippen molar-refractivity contribution in [3.63, 3.8) is 0 Å². The fraction of sp³-hybridized carbons (Fsp3) is 0.667. The van der Waals surface area contributed by atoms with Gasteiger partial charge in [0.25, 0.3) is 0 Å². The van der Waals surface area contributed by atoms with Gasteiger partial charge in [-0.1, -0.05) is 0 Å². The number of carboxylic acid groups (broad SMARTS) is 1. The van der Waals surface area contributed by atoms with Crippen molar-refractivity contribution >= 4 is 27.8 Å². The molecule has 0 saturated carbocycles. The number of carboxylic acids is 1. The fourth-order valence-electron chi connectivity index (χ4n) is 1.85. The van der Waals surface area contributed by atoms with Crippen molar-refractivity contribution in [2.75, 3.05) is 25.4 Å². The zero-order valence-corrected chi connectivity index (χ0v) is 10.9. The third-order valence-corrected chi connectivity index (χ3v) is 3.47. The summed E-state index contributed by atoms with van der Waals surface area (Å²) in [5.74, 6) is -2.89. The van der Waals surface area contributed by atoms with E-state index >= 15 is 0 Å². The monoisotopic (exact) mass is 293 g/mol. The van der Waals surface area contributed by atoms with Crippen molar-refractivity contribution in [3.8, 4) is 0 Å². The second-order valence-electron chi connectivity index (χ2n) is 4.34. The average molecular weight is 293 g/mol. The topological polar surface area (TPSA) is 147 Å². The number of sulfonamides is 1.